The Kier molecular flexibility index (Phi) is 6.12. The highest BCUT2D eigenvalue weighted by Crippen LogP contribution is 2.38. The molecule has 3 heteroatoms. The maximum absolute atomic E-state index is 10.0. The van der Waals surface area contributed by atoms with Crippen molar-refractivity contribution in [1.29, 1.82) is 0 Å². The zero-order valence-electron chi connectivity index (χ0n) is 15.8. The molecule has 0 bridgehead atoms. The molecule has 2 atom stereocenters. The van der Waals surface area contributed by atoms with Crippen molar-refractivity contribution in [2.45, 2.75) is 65.1 Å². The van der Waals surface area contributed by atoms with E-state index in [1.165, 1.54) is 5.57 Å². The first kappa shape index (κ1) is 19.3. The summed E-state index contributed by atoms with van der Waals surface area (Å²) in [5.74, 6) is 1.01. The predicted octanol–water partition coefficient (Wildman–Crippen LogP) is 5.31. The number of fused-ring (bicyclic) bond motifs is 1. The van der Waals surface area contributed by atoms with Crippen LogP contribution < -0.4 is 4.74 Å². The molecule has 0 spiro atoms. The van der Waals surface area contributed by atoms with Gasteiger partial charge in [0, 0.05) is 0 Å². The molecule has 0 saturated carbocycles. The van der Waals surface area contributed by atoms with E-state index in [0.717, 1.165) is 48.1 Å². The summed E-state index contributed by atoms with van der Waals surface area (Å²) in [6.45, 7) is 11.8. The van der Waals surface area contributed by atoms with Crippen molar-refractivity contribution in [2.24, 2.45) is 0 Å². The van der Waals surface area contributed by atoms with E-state index in [4.69, 9.17) is 4.74 Å². The first-order valence-corrected chi connectivity index (χ1v) is 8.91. The third-order valence-corrected chi connectivity index (χ3v) is 4.72. The minimum Gasteiger partial charge on any atom is -0.507 e. The Hall–Kier alpha value is -2.00. The average Bonchev–Trinajstić information content (AvgIpc) is 2.51. The van der Waals surface area contributed by atoms with Crippen molar-refractivity contribution in [2.75, 3.05) is 0 Å². The fourth-order valence-corrected chi connectivity index (χ4v) is 2.99. The Morgan fingerprint density at radius 1 is 1.36 bits per heavy atom. The summed E-state index contributed by atoms with van der Waals surface area (Å²) in [4.78, 5) is 0. The van der Waals surface area contributed by atoms with Crippen molar-refractivity contribution in [3.8, 4) is 11.5 Å². The SMILES string of the molecule is C=C(C)[C@@H](O)CC/C(C)=C/CC[C@]1(C)C=Cc2c(O)cc(C)cc2O1. The van der Waals surface area contributed by atoms with Gasteiger partial charge in [-0.2, -0.15) is 0 Å². The second kappa shape index (κ2) is 7.92. The second-order valence-electron chi connectivity index (χ2n) is 7.43. The predicted molar refractivity (Wildman–Crippen MR) is 104 cm³/mol. The lowest BCUT2D eigenvalue weighted by Gasteiger charge is -2.32. The van der Waals surface area contributed by atoms with Crippen LogP contribution in [0.4, 0.5) is 0 Å². The van der Waals surface area contributed by atoms with Crippen LogP contribution in [0.15, 0.2) is 42.0 Å². The first-order chi connectivity index (χ1) is 11.7. The van der Waals surface area contributed by atoms with Crippen molar-refractivity contribution >= 4 is 6.08 Å². The third kappa shape index (κ3) is 5.23. The number of benzene rings is 1. The van der Waals surface area contributed by atoms with Gasteiger partial charge in [0.15, 0.2) is 0 Å². The average molecular weight is 342 g/mol. The summed E-state index contributed by atoms with van der Waals surface area (Å²) in [5.41, 5.74) is 3.46. The van der Waals surface area contributed by atoms with E-state index in [-0.39, 0.29) is 11.4 Å². The number of aliphatic hydroxyl groups excluding tert-OH is 1. The molecule has 0 saturated heterocycles. The molecule has 1 aromatic carbocycles. The van der Waals surface area contributed by atoms with Gasteiger partial charge in [0.2, 0.25) is 0 Å². The highest BCUT2D eigenvalue weighted by molar-refractivity contribution is 5.67. The number of aryl methyl sites for hydroxylation is 1. The van der Waals surface area contributed by atoms with Crippen LogP contribution >= 0.6 is 0 Å². The molecule has 1 aromatic rings. The molecular formula is C22H30O3. The van der Waals surface area contributed by atoms with Crippen molar-refractivity contribution in [1.82, 2.24) is 0 Å². The Morgan fingerprint density at radius 3 is 2.76 bits per heavy atom. The van der Waals surface area contributed by atoms with E-state index in [1.807, 2.05) is 32.1 Å². The number of rotatable bonds is 7. The van der Waals surface area contributed by atoms with Crippen LogP contribution in [-0.2, 0) is 0 Å². The molecule has 0 fully saturated rings. The monoisotopic (exact) mass is 342 g/mol. The first-order valence-electron chi connectivity index (χ1n) is 8.91. The van der Waals surface area contributed by atoms with Gasteiger partial charge in [-0.05, 0) is 83.2 Å². The third-order valence-electron chi connectivity index (χ3n) is 4.72. The molecule has 25 heavy (non-hydrogen) atoms. The number of hydrogen-bond donors (Lipinski definition) is 2. The summed E-state index contributed by atoms with van der Waals surface area (Å²) in [6, 6.07) is 3.72. The van der Waals surface area contributed by atoms with Gasteiger partial charge in [-0.1, -0.05) is 23.8 Å². The van der Waals surface area contributed by atoms with Crippen LogP contribution in [0.25, 0.3) is 6.08 Å². The fourth-order valence-electron chi connectivity index (χ4n) is 2.99. The number of phenolic OH excluding ortho intramolecular Hbond substituents is 1. The highest BCUT2D eigenvalue weighted by Gasteiger charge is 2.28. The van der Waals surface area contributed by atoms with Gasteiger partial charge in [0.25, 0.3) is 0 Å². The van der Waals surface area contributed by atoms with Crippen LogP contribution in [0.3, 0.4) is 0 Å². The molecule has 136 valence electrons. The summed E-state index contributed by atoms with van der Waals surface area (Å²) in [7, 11) is 0. The number of aromatic hydroxyl groups is 1. The number of allylic oxidation sites excluding steroid dienone is 2. The quantitative estimate of drug-likeness (QED) is 0.660. The van der Waals surface area contributed by atoms with E-state index in [2.05, 4.69) is 26.5 Å². The Labute approximate surface area is 151 Å². The van der Waals surface area contributed by atoms with Gasteiger partial charge >= 0.3 is 0 Å². The van der Waals surface area contributed by atoms with Crippen LogP contribution in [0.1, 0.15) is 57.6 Å². The summed E-state index contributed by atoms with van der Waals surface area (Å²) in [5, 5.41) is 19.8. The van der Waals surface area contributed by atoms with Gasteiger partial charge in [0.1, 0.15) is 17.1 Å². The molecule has 0 aromatic heterocycles. The number of ether oxygens (including phenoxy) is 1. The molecular weight excluding hydrogens is 312 g/mol. The molecule has 2 N–H and O–H groups in total. The minimum atomic E-state index is -0.419. The Morgan fingerprint density at radius 2 is 2.08 bits per heavy atom. The van der Waals surface area contributed by atoms with Crippen LogP contribution in [0, 0.1) is 6.92 Å². The lowest BCUT2D eigenvalue weighted by molar-refractivity contribution is 0.128. The molecule has 3 nitrogen and oxygen atoms in total. The lowest BCUT2D eigenvalue weighted by Crippen LogP contribution is -2.31. The number of phenols is 1. The largest absolute Gasteiger partial charge is 0.507 e. The fraction of sp³-hybridized carbons (Fsp3) is 0.455. The summed E-state index contributed by atoms with van der Waals surface area (Å²) >= 11 is 0. The van der Waals surface area contributed by atoms with Gasteiger partial charge in [-0.3, -0.25) is 0 Å². The van der Waals surface area contributed by atoms with Crippen molar-refractivity contribution < 1.29 is 14.9 Å². The van der Waals surface area contributed by atoms with E-state index in [1.54, 1.807) is 6.07 Å². The van der Waals surface area contributed by atoms with Crippen LogP contribution in [0.5, 0.6) is 11.5 Å². The summed E-state index contributed by atoms with van der Waals surface area (Å²) in [6.07, 6.45) is 9.14. The van der Waals surface area contributed by atoms with Crippen molar-refractivity contribution in [3.63, 3.8) is 0 Å². The Bertz CT molecular complexity index is 699. The molecule has 0 aliphatic carbocycles. The lowest BCUT2D eigenvalue weighted by atomic mass is 9.93. The zero-order chi connectivity index (χ0) is 18.6. The Balaban J connectivity index is 1.93. The number of hydrogen-bond acceptors (Lipinski definition) is 3. The smallest absolute Gasteiger partial charge is 0.131 e. The molecule has 0 radical (unpaired) electrons. The number of aliphatic hydroxyl groups is 1. The van der Waals surface area contributed by atoms with Crippen LogP contribution in [-0.4, -0.2) is 21.9 Å². The van der Waals surface area contributed by atoms with Gasteiger partial charge < -0.3 is 14.9 Å². The molecule has 0 amide bonds. The molecule has 2 rings (SSSR count). The van der Waals surface area contributed by atoms with E-state index in [9.17, 15) is 10.2 Å². The van der Waals surface area contributed by atoms with E-state index in [0.29, 0.717) is 0 Å². The standard InChI is InChI=1S/C22H30O3/c1-15(2)19(23)9-8-16(3)7-6-11-22(5)12-10-18-20(24)13-17(4)14-21(18)25-22/h7,10,12-14,19,23-24H,1,6,8-9,11H2,2-5H3/b16-7+/t19-,22+/m0/s1. The second-order valence-corrected chi connectivity index (χ2v) is 7.43. The minimum absolute atomic E-state index is 0.264. The van der Waals surface area contributed by atoms with E-state index < -0.39 is 6.10 Å². The molecule has 1 aliphatic heterocycles. The molecule has 1 aliphatic rings. The van der Waals surface area contributed by atoms with Crippen LogP contribution in [0.2, 0.25) is 0 Å². The van der Waals surface area contributed by atoms with Crippen molar-refractivity contribution in [3.05, 3.63) is 53.1 Å². The highest BCUT2D eigenvalue weighted by atomic mass is 16.5. The molecule has 0 unspecified atom stereocenters. The van der Waals surface area contributed by atoms with Gasteiger partial charge in [-0.15, -0.1) is 0 Å². The molecule has 1 heterocycles. The normalized spacial score (nSPS) is 20.8. The van der Waals surface area contributed by atoms with Gasteiger partial charge in [0.05, 0.1) is 11.7 Å². The zero-order valence-corrected chi connectivity index (χ0v) is 15.8. The summed E-state index contributed by atoms with van der Waals surface area (Å²) < 4.78 is 6.16. The topological polar surface area (TPSA) is 49.7 Å². The maximum Gasteiger partial charge on any atom is 0.131 e. The van der Waals surface area contributed by atoms with Gasteiger partial charge in [-0.25, -0.2) is 0 Å². The van der Waals surface area contributed by atoms with E-state index >= 15 is 0 Å². The maximum atomic E-state index is 10.0.